The number of fused-ring (bicyclic) bond motifs is 3. The van der Waals surface area contributed by atoms with Gasteiger partial charge in [-0.25, -0.2) is 0 Å². The average molecular weight is 345 g/mol. The number of hydrogen-bond donors (Lipinski definition) is 0. The Labute approximate surface area is 107 Å². The third-order valence-corrected chi connectivity index (χ3v) is 7.67. The van der Waals surface area contributed by atoms with Crippen molar-refractivity contribution in [2.45, 2.75) is 19.9 Å². The molecule has 0 N–H and O–H groups in total. The molecule has 0 aromatic heterocycles. The topological polar surface area (TPSA) is 46.6 Å². The van der Waals surface area contributed by atoms with Gasteiger partial charge in [0.05, 0.1) is 0 Å². The molecule has 0 radical (unpaired) electrons. The number of halogens is 1. The molecule has 17 heavy (non-hydrogen) atoms. The number of carbonyl (C=O) groups is 2. The van der Waals surface area contributed by atoms with Gasteiger partial charge in [0.15, 0.2) is 0 Å². The Morgan fingerprint density at radius 1 is 1.29 bits per heavy atom. The van der Waals surface area contributed by atoms with Crippen molar-refractivity contribution in [1.29, 1.82) is 0 Å². The number of carbonyl (C=O) groups excluding carboxylic acids is 2. The molecule has 0 saturated carbocycles. The molecule has 3 rings (SSSR count). The van der Waals surface area contributed by atoms with Crippen molar-refractivity contribution in [1.82, 2.24) is 3.11 Å². The van der Waals surface area contributed by atoms with E-state index in [2.05, 4.69) is 0 Å². The van der Waals surface area contributed by atoms with E-state index in [-0.39, 0.29) is 23.8 Å². The van der Waals surface area contributed by atoms with Crippen molar-refractivity contribution in [3.05, 3.63) is 33.4 Å². The van der Waals surface area contributed by atoms with Gasteiger partial charge >= 0.3 is 107 Å². The second-order valence-electron chi connectivity index (χ2n) is 4.41. The van der Waals surface area contributed by atoms with Crippen LogP contribution in [0.5, 0.6) is 0 Å². The van der Waals surface area contributed by atoms with Crippen LogP contribution in [-0.4, -0.2) is 21.0 Å². The van der Waals surface area contributed by atoms with Gasteiger partial charge in [-0.15, -0.1) is 0 Å². The summed E-state index contributed by atoms with van der Waals surface area (Å²) in [6.45, 7) is 3.89. The van der Waals surface area contributed by atoms with E-state index < -0.39 is 20.5 Å². The first kappa shape index (κ1) is 11.0. The molecule has 1 saturated heterocycles. The molecule has 1 fully saturated rings. The van der Waals surface area contributed by atoms with E-state index in [1.807, 2.05) is 38.1 Å². The Kier molecular flexibility index (Phi) is 2.39. The Bertz CT molecular complexity index is 514. The summed E-state index contributed by atoms with van der Waals surface area (Å²) in [6, 6.07) is 7.08. The monoisotopic (exact) mass is 345 g/mol. The summed E-state index contributed by atoms with van der Waals surface area (Å²) in [5, 5.41) is 0. The predicted octanol–water partition coefficient (Wildman–Crippen LogP) is 2.23. The molecule has 1 atom stereocenters. The van der Waals surface area contributed by atoms with Gasteiger partial charge in [0, 0.05) is 0 Å². The Morgan fingerprint density at radius 3 is 2.71 bits per heavy atom. The molecule has 0 spiro atoms. The van der Waals surface area contributed by atoms with Crippen LogP contribution in [0.25, 0.3) is 0 Å². The van der Waals surface area contributed by atoms with Gasteiger partial charge in [0.25, 0.3) is 0 Å². The number of amides is 1. The minimum absolute atomic E-state index is 0.0321. The van der Waals surface area contributed by atoms with Gasteiger partial charge < -0.3 is 0 Å². The molecule has 1 aromatic rings. The van der Waals surface area contributed by atoms with Crippen LogP contribution in [0.15, 0.2) is 24.3 Å². The number of hydrogen-bond acceptors (Lipinski definition) is 3. The summed E-state index contributed by atoms with van der Waals surface area (Å²) in [5.74, 6) is -0.161. The third-order valence-electron chi connectivity index (χ3n) is 2.90. The first-order valence-electron chi connectivity index (χ1n) is 5.46. The average Bonchev–Trinajstić information content (AvgIpc) is 2.76. The van der Waals surface area contributed by atoms with E-state index in [4.69, 9.17) is 3.07 Å². The van der Waals surface area contributed by atoms with E-state index in [1.54, 1.807) is 3.11 Å². The van der Waals surface area contributed by atoms with Gasteiger partial charge in [-0.2, -0.15) is 0 Å². The zero-order valence-electron chi connectivity index (χ0n) is 9.51. The van der Waals surface area contributed by atoms with Crippen LogP contribution < -0.4 is 0 Å². The van der Waals surface area contributed by atoms with Crippen LogP contribution in [0, 0.1) is 9.49 Å². The zero-order chi connectivity index (χ0) is 12.2. The van der Waals surface area contributed by atoms with E-state index in [9.17, 15) is 9.59 Å². The Balaban J connectivity index is 2.10. The fourth-order valence-electron chi connectivity index (χ4n) is 2.10. The first-order valence-corrected chi connectivity index (χ1v) is 8.38. The molecular formula is C12H12INO3. The van der Waals surface area contributed by atoms with Crippen LogP contribution in [-0.2, 0) is 7.86 Å². The molecule has 2 aliphatic heterocycles. The van der Waals surface area contributed by atoms with E-state index >= 15 is 0 Å². The van der Waals surface area contributed by atoms with Gasteiger partial charge in [-0.1, -0.05) is 0 Å². The second-order valence-corrected chi connectivity index (χ2v) is 8.37. The molecule has 5 heteroatoms. The predicted molar refractivity (Wildman–Crippen MR) is 70.0 cm³/mol. The Morgan fingerprint density at radius 2 is 2.00 bits per heavy atom. The molecular weight excluding hydrogens is 333 g/mol. The molecule has 0 unspecified atom stereocenters. The van der Waals surface area contributed by atoms with Crippen LogP contribution in [0.3, 0.4) is 0 Å². The van der Waals surface area contributed by atoms with Crippen LogP contribution >= 0.6 is 20.5 Å². The maximum absolute atomic E-state index is 12.3. The summed E-state index contributed by atoms with van der Waals surface area (Å²) >= 11 is -2.23. The van der Waals surface area contributed by atoms with Crippen molar-refractivity contribution < 1.29 is 12.7 Å². The normalized spacial score (nSPS) is 24.1. The minimum atomic E-state index is -2.23. The van der Waals surface area contributed by atoms with Crippen molar-refractivity contribution in [2.75, 3.05) is 0 Å². The standard InChI is InChI=1S/C12H12INO3/c1-7(2)10-12(16)17-13-9-6-4-3-5-8(9)11(15)14(10)13/h3-7,10H,1-2H3/t10-/m0/s1. The Hall–Kier alpha value is -1.11. The fraction of sp³-hybridized carbons (Fsp3) is 0.333. The van der Waals surface area contributed by atoms with E-state index in [1.165, 1.54) is 0 Å². The quantitative estimate of drug-likeness (QED) is 0.579. The van der Waals surface area contributed by atoms with Gasteiger partial charge in [-0.05, 0) is 0 Å². The van der Waals surface area contributed by atoms with Crippen LogP contribution in [0.4, 0.5) is 0 Å². The zero-order valence-corrected chi connectivity index (χ0v) is 11.7. The van der Waals surface area contributed by atoms with E-state index in [0.29, 0.717) is 0 Å². The van der Waals surface area contributed by atoms with Crippen LogP contribution in [0.1, 0.15) is 24.2 Å². The molecule has 1 aromatic carbocycles. The summed E-state index contributed by atoms with van der Waals surface area (Å²) in [4.78, 5) is 24.1. The third kappa shape index (κ3) is 1.41. The van der Waals surface area contributed by atoms with Gasteiger partial charge in [0.1, 0.15) is 0 Å². The van der Waals surface area contributed by atoms with Gasteiger partial charge in [-0.3, -0.25) is 0 Å². The molecule has 2 aliphatic rings. The van der Waals surface area contributed by atoms with Crippen LogP contribution in [0.2, 0.25) is 0 Å². The summed E-state index contributed by atoms with van der Waals surface area (Å²) < 4.78 is 8.16. The number of benzene rings is 1. The fourth-order valence-corrected chi connectivity index (χ4v) is 7.28. The summed E-state index contributed by atoms with van der Waals surface area (Å²) in [6.07, 6.45) is 0. The molecule has 1 amide bonds. The van der Waals surface area contributed by atoms with Crippen molar-refractivity contribution in [3.8, 4) is 0 Å². The van der Waals surface area contributed by atoms with E-state index in [0.717, 1.165) is 9.13 Å². The molecule has 0 aliphatic carbocycles. The van der Waals surface area contributed by atoms with Gasteiger partial charge in [0.2, 0.25) is 0 Å². The number of rotatable bonds is 1. The molecule has 90 valence electrons. The van der Waals surface area contributed by atoms with Crippen molar-refractivity contribution in [2.24, 2.45) is 5.92 Å². The molecule has 4 nitrogen and oxygen atoms in total. The molecule has 2 heterocycles. The van der Waals surface area contributed by atoms with Crippen molar-refractivity contribution in [3.63, 3.8) is 0 Å². The summed E-state index contributed by atoms with van der Waals surface area (Å²) in [7, 11) is 0. The molecule has 0 bridgehead atoms. The maximum atomic E-state index is 12.3. The first-order chi connectivity index (χ1) is 8.11. The second kappa shape index (κ2) is 3.69. The summed E-state index contributed by atoms with van der Waals surface area (Å²) in [5.41, 5.74) is 0.718. The number of nitrogens with zero attached hydrogens (tertiary/aromatic N) is 1. The SMILES string of the molecule is CC(C)[C@H]1C(=O)OI2c3ccccc3C(=O)N12. The van der Waals surface area contributed by atoms with Crippen molar-refractivity contribution >= 4 is 32.4 Å².